The maximum absolute atomic E-state index is 12.3. The highest BCUT2D eigenvalue weighted by atomic mass is 16.2. The maximum Gasteiger partial charge on any atom is 0.230 e. The molecule has 24 heavy (non-hydrogen) atoms. The minimum absolute atomic E-state index is 0.255. The second-order valence-corrected chi connectivity index (χ2v) is 7.28. The van der Waals surface area contributed by atoms with Crippen LogP contribution in [0.5, 0.6) is 0 Å². The summed E-state index contributed by atoms with van der Waals surface area (Å²) < 4.78 is 0. The molecule has 1 saturated heterocycles. The summed E-state index contributed by atoms with van der Waals surface area (Å²) in [5.74, 6) is 3.13. The van der Waals surface area contributed by atoms with Gasteiger partial charge in [-0.1, -0.05) is 13.8 Å². The van der Waals surface area contributed by atoms with E-state index < -0.39 is 0 Å². The number of aromatic nitrogens is 3. The molecule has 2 fully saturated rings. The number of nitrogens with zero attached hydrogens (tertiary/aromatic N) is 6. The lowest BCUT2D eigenvalue weighted by Gasteiger charge is -2.23. The van der Waals surface area contributed by atoms with Gasteiger partial charge in [-0.2, -0.15) is 15.0 Å². The molecule has 3 rings (SSSR count). The van der Waals surface area contributed by atoms with E-state index >= 15 is 0 Å². The van der Waals surface area contributed by atoms with E-state index in [0.717, 1.165) is 57.2 Å². The van der Waals surface area contributed by atoms with Gasteiger partial charge in [0.1, 0.15) is 5.82 Å². The van der Waals surface area contributed by atoms with Gasteiger partial charge in [0.2, 0.25) is 17.8 Å². The Morgan fingerprint density at radius 3 is 2.46 bits per heavy atom. The SMILES string of the molecule is CC(C)c1nc(N(C)C)nc(N2CCCN(C(=O)C3CC3)CC2)n1. The summed E-state index contributed by atoms with van der Waals surface area (Å²) in [6, 6.07) is 0. The molecule has 1 aliphatic heterocycles. The summed E-state index contributed by atoms with van der Waals surface area (Å²) in [6.45, 7) is 7.45. The number of carbonyl (C=O) groups is 1. The molecule has 0 unspecified atom stereocenters. The molecule has 0 aromatic carbocycles. The first-order valence-corrected chi connectivity index (χ1v) is 8.92. The Labute approximate surface area is 144 Å². The van der Waals surface area contributed by atoms with Gasteiger partial charge < -0.3 is 14.7 Å². The van der Waals surface area contributed by atoms with Gasteiger partial charge in [-0.15, -0.1) is 0 Å². The van der Waals surface area contributed by atoms with E-state index in [1.165, 1.54) is 0 Å². The van der Waals surface area contributed by atoms with Crippen LogP contribution in [0.4, 0.5) is 11.9 Å². The molecule has 1 amide bonds. The highest BCUT2D eigenvalue weighted by Gasteiger charge is 2.34. The van der Waals surface area contributed by atoms with Crippen molar-refractivity contribution in [3.05, 3.63) is 5.82 Å². The van der Waals surface area contributed by atoms with Crippen LogP contribution in [-0.4, -0.2) is 66.0 Å². The fourth-order valence-electron chi connectivity index (χ4n) is 2.90. The molecular weight excluding hydrogens is 304 g/mol. The largest absolute Gasteiger partial charge is 0.347 e. The topological polar surface area (TPSA) is 65.5 Å². The standard InChI is InChI=1S/C17H28N6O/c1-12(2)14-18-16(21(3)4)20-17(19-14)23-9-5-8-22(10-11-23)15(24)13-6-7-13/h12-13H,5-11H2,1-4H3. The van der Waals surface area contributed by atoms with Crippen LogP contribution in [0.15, 0.2) is 0 Å². The van der Waals surface area contributed by atoms with Crippen LogP contribution in [-0.2, 0) is 4.79 Å². The molecule has 0 radical (unpaired) electrons. The predicted octanol–water partition coefficient (Wildman–Crippen LogP) is 1.51. The van der Waals surface area contributed by atoms with E-state index in [9.17, 15) is 4.79 Å². The zero-order chi connectivity index (χ0) is 17.3. The molecule has 1 saturated carbocycles. The van der Waals surface area contributed by atoms with Crippen molar-refractivity contribution in [2.75, 3.05) is 50.1 Å². The Morgan fingerprint density at radius 2 is 1.83 bits per heavy atom. The fraction of sp³-hybridized carbons (Fsp3) is 0.765. The summed E-state index contributed by atoms with van der Waals surface area (Å²) in [5, 5.41) is 0. The lowest BCUT2D eigenvalue weighted by atomic mass is 10.2. The number of rotatable bonds is 4. The van der Waals surface area contributed by atoms with Crippen LogP contribution in [0.25, 0.3) is 0 Å². The molecule has 7 heteroatoms. The predicted molar refractivity (Wildman–Crippen MR) is 94.4 cm³/mol. The van der Waals surface area contributed by atoms with Crippen molar-refractivity contribution in [1.29, 1.82) is 0 Å². The highest BCUT2D eigenvalue weighted by Crippen LogP contribution is 2.31. The number of amides is 1. The average molecular weight is 332 g/mol. The summed E-state index contributed by atoms with van der Waals surface area (Å²) in [5.41, 5.74) is 0. The van der Waals surface area contributed by atoms with Gasteiger partial charge in [-0.3, -0.25) is 4.79 Å². The molecule has 2 heterocycles. The summed E-state index contributed by atoms with van der Waals surface area (Å²) in [6.07, 6.45) is 3.09. The Morgan fingerprint density at radius 1 is 1.08 bits per heavy atom. The van der Waals surface area contributed by atoms with Crippen LogP contribution in [0, 0.1) is 5.92 Å². The third-order valence-corrected chi connectivity index (χ3v) is 4.56. The Balaban J connectivity index is 1.76. The molecule has 1 aromatic rings. The van der Waals surface area contributed by atoms with Gasteiger partial charge in [0, 0.05) is 52.1 Å². The lowest BCUT2D eigenvalue weighted by molar-refractivity contribution is -0.132. The molecule has 0 bridgehead atoms. The van der Waals surface area contributed by atoms with Crippen molar-refractivity contribution in [1.82, 2.24) is 19.9 Å². The van der Waals surface area contributed by atoms with Gasteiger partial charge >= 0.3 is 0 Å². The van der Waals surface area contributed by atoms with E-state index in [1.807, 2.05) is 23.9 Å². The number of anilines is 2. The molecule has 0 spiro atoms. The first kappa shape index (κ1) is 16.9. The monoisotopic (exact) mass is 332 g/mol. The van der Waals surface area contributed by atoms with Crippen LogP contribution in [0.1, 0.15) is 44.9 Å². The second kappa shape index (κ2) is 6.91. The zero-order valence-corrected chi connectivity index (χ0v) is 15.2. The quantitative estimate of drug-likeness (QED) is 0.833. The van der Waals surface area contributed by atoms with Crippen molar-refractivity contribution in [2.45, 2.75) is 39.0 Å². The van der Waals surface area contributed by atoms with Crippen LogP contribution >= 0.6 is 0 Å². The van der Waals surface area contributed by atoms with Gasteiger partial charge in [0.25, 0.3) is 0 Å². The van der Waals surface area contributed by atoms with Crippen molar-refractivity contribution in [3.8, 4) is 0 Å². The van der Waals surface area contributed by atoms with E-state index in [1.54, 1.807) is 0 Å². The van der Waals surface area contributed by atoms with Crippen molar-refractivity contribution >= 4 is 17.8 Å². The summed E-state index contributed by atoms with van der Waals surface area (Å²) in [4.78, 5) is 32.3. The Kier molecular flexibility index (Phi) is 4.87. The van der Waals surface area contributed by atoms with E-state index in [-0.39, 0.29) is 5.92 Å². The molecule has 7 nitrogen and oxygen atoms in total. The molecule has 1 aliphatic carbocycles. The molecular formula is C17H28N6O. The first-order valence-electron chi connectivity index (χ1n) is 8.92. The van der Waals surface area contributed by atoms with Crippen molar-refractivity contribution < 1.29 is 4.79 Å². The van der Waals surface area contributed by atoms with Gasteiger partial charge in [0.05, 0.1) is 0 Å². The minimum Gasteiger partial charge on any atom is -0.347 e. The van der Waals surface area contributed by atoms with Crippen LogP contribution in [0.3, 0.4) is 0 Å². The Bertz CT molecular complexity index is 572. The first-order chi connectivity index (χ1) is 11.5. The summed E-state index contributed by atoms with van der Waals surface area (Å²) in [7, 11) is 3.89. The van der Waals surface area contributed by atoms with E-state index in [0.29, 0.717) is 17.8 Å². The Hall–Kier alpha value is -1.92. The fourth-order valence-corrected chi connectivity index (χ4v) is 2.90. The van der Waals surface area contributed by atoms with E-state index in [2.05, 4.69) is 33.7 Å². The minimum atomic E-state index is 0.255. The molecule has 1 aromatic heterocycles. The van der Waals surface area contributed by atoms with Crippen molar-refractivity contribution in [3.63, 3.8) is 0 Å². The van der Waals surface area contributed by atoms with Gasteiger partial charge in [-0.25, -0.2) is 0 Å². The summed E-state index contributed by atoms with van der Waals surface area (Å²) >= 11 is 0. The molecule has 0 atom stereocenters. The van der Waals surface area contributed by atoms with Gasteiger partial charge in [0.15, 0.2) is 0 Å². The normalized spacial score (nSPS) is 18.7. The smallest absolute Gasteiger partial charge is 0.230 e. The third-order valence-electron chi connectivity index (χ3n) is 4.56. The van der Waals surface area contributed by atoms with Crippen LogP contribution in [0.2, 0.25) is 0 Å². The van der Waals surface area contributed by atoms with Crippen molar-refractivity contribution in [2.24, 2.45) is 5.92 Å². The average Bonchev–Trinajstić information content (AvgIpc) is 3.40. The number of hydrogen-bond acceptors (Lipinski definition) is 6. The maximum atomic E-state index is 12.3. The molecule has 0 N–H and O–H groups in total. The second-order valence-electron chi connectivity index (χ2n) is 7.28. The lowest BCUT2D eigenvalue weighted by Crippen LogP contribution is -2.36. The van der Waals surface area contributed by atoms with Crippen LogP contribution < -0.4 is 9.80 Å². The van der Waals surface area contributed by atoms with Gasteiger partial charge in [-0.05, 0) is 19.3 Å². The number of carbonyl (C=O) groups excluding carboxylic acids is 1. The highest BCUT2D eigenvalue weighted by molar-refractivity contribution is 5.81. The molecule has 2 aliphatic rings. The molecule has 132 valence electrons. The zero-order valence-electron chi connectivity index (χ0n) is 15.2. The number of hydrogen-bond donors (Lipinski definition) is 0. The third kappa shape index (κ3) is 3.76. The van der Waals surface area contributed by atoms with E-state index in [4.69, 9.17) is 0 Å².